The molecule has 3 rings (SSSR count). The third kappa shape index (κ3) is 3.00. The van der Waals surface area contributed by atoms with Crippen LogP contribution in [0.3, 0.4) is 0 Å². The highest BCUT2D eigenvalue weighted by Crippen LogP contribution is 2.49. The highest BCUT2D eigenvalue weighted by atomic mass is 79.9. The highest BCUT2D eigenvalue weighted by Gasteiger charge is 2.41. The zero-order valence-corrected chi connectivity index (χ0v) is 15.4. The number of nitrogens with one attached hydrogen (secondary N) is 1. The molecule has 0 heterocycles. The van der Waals surface area contributed by atoms with Crippen LogP contribution >= 0.6 is 31.9 Å². The maximum atomic E-state index is 3.84. The van der Waals surface area contributed by atoms with E-state index in [0.29, 0.717) is 12.1 Å². The molecular weight excluding hydrogens is 378 g/mol. The van der Waals surface area contributed by atoms with Gasteiger partial charge >= 0.3 is 0 Å². The van der Waals surface area contributed by atoms with Crippen molar-refractivity contribution in [1.29, 1.82) is 0 Å². The van der Waals surface area contributed by atoms with Crippen LogP contribution in [0, 0.1) is 17.8 Å². The maximum Gasteiger partial charge on any atom is 0.0305 e. The normalized spacial score (nSPS) is 31.5. The van der Waals surface area contributed by atoms with Crippen LogP contribution < -0.4 is 5.32 Å². The number of halogens is 2. The summed E-state index contributed by atoms with van der Waals surface area (Å²) >= 11 is 7.21. The molecule has 5 unspecified atom stereocenters. The van der Waals surface area contributed by atoms with Crippen molar-refractivity contribution in [3.8, 4) is 0 Å². The van der Waals surface area contributed by atoms with Gasteiger partial charge in [0.15, 0.2) is 0 Å². The van der Waals surface area contributed by atoms with E-state index in [-0.39, 0.29) is 0 Å². The van der Waals surface area contributed by atoms with Gasteiger partial charge in [0.25, 0.3) is 0 Å². The fourth-order valence-corrected chi connectivity index (χ4v) is 5.76. The molecule has 1 nitrogen and oxygen atoms in total. The van der Waals surface area contributed by atoms with Gasteiger partial charge in [-0.25, -0.2) is 0 Å². The second kappa shape index (κ2) is 6.10. The van der Waals surface area contributed by atoms with Gasteiger partial charge in [-0.05, 0) is 68.6 Å². The summed E-state index contributed by atoms with van der Waals surface area (Å²) in [6, 6.07) is 7.48. The van der Waals surface area contributed by atoms with Crippen molar-refractivity contribution in [2.24, 2.45) is 17.8 Å². The van der Waals surface area contributed by atoms with E-state index in [0.717, 1.165) is 22.2 Å². The lowest BCUT2D eigenvalue weighted by Gasteiger charge is -2.31. The molecular formula is C17H23Br2N. The first-order valence-electron chi connectivity index (χ1n) is 7.75. The molecule has 0 amide bonds. The molecule has 2 saturated carbocycles. The number of hydrogen-bond donors (Lipinski definition) is 1. The molecule has 110 valence electrons. The second-order valence-corrected chi connectivity index (χ2v) is 8.45. The summed E-state index contributed by atoms with van der Waals surface area (Å²) in [6.45, 7) is 4.66. The Labute approximate surface area is 139 Å². The van der Waals surface area contributed by atoms with Crippen LogP contribution in [0.1, 0.15) is 51.1 Å². The number of benzene rings is 1. The summed E-state index contributed by atoms with van der Waals surface area (Å²) in [5, 5.41) is 3.84. The number of rotatable bonds is 4. The maximum absolute atomic E-state index is 3.84. The SMILES string of the molecule is CC(NC(C)C1CC2CCC1C2)c1ccc(Br)cc1Br. The van der Waals surface area contributed by atoms with Gasteiger partial charge in [-0.2, -0.15) is 0 Å². The molecule has 2 bridgehead atoms. The molecule has 0 aliphatic heterocycles. The molecule has 1 aromatic carbocycles. The van der Waals surface area contributed by atoms with Crippen LogP contribution in [-0.2, 0) is 0 Å². The summed E-state index contributed by atoms with van der Waals surface area (Å²) in [4.78, 5) is 0. The van der Waals surface area contributed by atoms with E-state index in [1.54, 1.807) is 0 Å². The van der Waals surface area contributed by atoms with Crippen molar-refractivity contribution in [2.75, 3.05) is 0 Å². The van der Waals surface area contributed by atoms with Gasteiger partial charge in [0.2, 0.25) is 0 Å². The molecule has 2 fully saturated rings. The van der Waals surface area contributed by atoms with Crippen LogP contribution in [0.2, 0.25) is 0 Å². The van der Waals surface area contributed by atoms with E-state index >= 15 is 0 Å². The predicted molar refractivity (Wildman–Crippen MR) is 91.8 cm³/mol. The molecule has 0 aromatic heterocycles. The third-order valence-corrected chi connectivity index (χ3v) is 6.56. The Hall–Kier alpha value is 0.140. The largest absolute Gasteiger partial charge is 0.307 e. The van der Waals surface area contributed by atoms with Crippen molar-refractivity contribution in [1.82, 2.24) is 5.32 Å². The standard InChI is InChI=1S/C17H23Br2N/c1-10(15-6-5-14(18)9-17(15)19)20-11(2)16-8-12-3-4-13(16)7-12/h5-6,9-13,16,20H,3-4,7-8H2,1-2H3. The van der Waals surface area contributed by atoms with Crippen molar-refractivity contribution in [3.05, 3.63) is 32.7 Å². The van der Waals surface area contributed by atoms with Crippen LogP contribution in [0.25, 0.3) is 0 Å². The minimum absolute atomic E-state index is 0.395. The molecule has 0 radical (unpaired) electrons. The first-order valence-corrected chi connectivity index (χ1v) is 9.34. The summed E-state index contributed by atoms with van der Waals surface area (Å²) in [7, 11) is 0. The Balaban J connectivity index is 1.65. The van der Waals surface area contributed by atoms with E-state index in [2.05, 4.69) is 69.2 Å². The van der Waals surface area contributed by atoms with Crippen LogP contribution in [0.4, 0.5) is 0 Å². The third-order valence-electron chi connectivity index (χ3n) is 5.38. The Bertz CT molecular complexity index is 488. The van der Waals surface area contributed by atoms with Gasteiger partial charge in [-0.1, -0.05) is 44.3 Å². The van der Waals surface area contributed by atoms with E-state index in [4.69, 9.17) is 0 Å². The molecule has 2 aliphatic rings. The Kier molecular flexibility index (Phi) is 4.59. The predicted octanol–water partition coefficient (Wildman–Crippen LogP) is 5.69. The van der Waals surface area contributed by atoms with Crippen molar-refractivity contribution >= 4 is 31.9 Å². The molecule has 1 aromatic rings. The first-order chi connectivity index (χ1) is 9.54. The monoisotopic (exact) mass is 399 g/mol. The average Bonchev–Trinajstić information content (AvgIpc) is 3.00. The number of fused-ring (bicyclic) bond motifs is 2. The zero-order chi connectivity index (χ0) is 14.3. The second-order valence-electron chi connectivity index (χ2n) is 6.68. The first kappa shape index (κ1) is 15.1. The van der Waals surface area contributed by atoms with E-state index in [1.807, 2.05) is 0 Å². The summed E-state index contributed by atoms with van der Waals surface area (Å²) in [5.74, 6) is 2.91. The molecule has 5 atom stereocenters. The van der Waals surface area contributed by atoms with E-state index in [9.17, 15) is 0 Å². The Morgan fingerprint density at radius 3 is 2.55 bits per heavy atom. The molecule has 2 aliphatic carbocycles. The lowest BCUT2D eigenvalue weighted by atomic mass is 9.83. The summed E-state index contributed by atoms with van der Waals surface area (Å²) < 4.78 is 2.31. The van der Waals surface area contributed by atoms with Crippen LogP contribution in [0.15, 0.2) is 27.1 Å². The molecule has 0 spiro atoms. The topological polar surface area (TPSA) is 12.0 Å². The molecule has 1 N–H and O–H groups in total. The molecule has 3 heteroatoms. The van der Waals surface area contributed by atoms with Gasteiger partial charge in [-0.3, -0.25) is 0 Å². The lowest BCUT2D eigenvalue weighted by molar-refractivity contribution is 0.248. The quantitative estimate of drug-likeness (QED) is 0.684. The van der Waals surface area contributed by atoms with Crippen LogP contribution in [-0.4, -0.2) is 6.04 Å². The zero-order valence-electron chi connectivity index (χ0n) is 12.2. The van der Waals surface area contributed by atoms with Crippen molar-refractivity contribution in [3.63, 3.8) is 0 Å². The fourth-order valence-electron chi connectivity index (χ4n) is 4.37. The van der Waals surface area contributed by atoms with E-state index in [1.165, 1.54) is 35.7 Å². The Morgan fingerprint density at radius 1 is 1.15 bits per heavy atom. The minimum Gasteiger partial charge on any atom is -0.307 e. The van der Waals surface area contributed by atoms with Crippen molar-refractivity contribution in [2.45, 2.75) is 51.6 Å². The summed E-state index contributed by atoms with van der Waals surface area (Å²) in [6.07, 6.45) is 5.90. The smallest absolute Gasteiger partial charge is 0.0305 e. The minimum atomic E-state index is 0.395. The lowest BCUT2D eigenvalue weighted by Crippen LogP contribution is -2.37. The highest BCUT2D eigenvalue weighted by molar-refractivity contribution is 9.11. The van der Waals surface area contributed by atoms with Gasteiger partial charge < -0.3 is 5.32 Å². The van der Waals surface area contributed by atoms with Gasteiger partial charge in [0.05, 0.1) is 0 Å². The van der Waals surface area contributed by atoms with E-state index < -0.39 is 0 Å². The molecule has 0 saturated heterocycles. The van der Waals surface area contributed by atoms with Gasteiger partial charge in [0.1, 0.15) is 0 Å². The summed E-state index contributed by atoms with van der Waals surface area (Å²) in [5.41, 5.74) is 1.35. The van der Waals surface area contributed by atoms with Crippen molar-refractivity contribution < 1.29 is 0 Å². The van der Waals surface area contributed by atoms with Gasteiger partial charge in [-0.15, -0.1) is 0 Å². The van der Waals surface area contributed by atoms with Crippen LogP contribution in [0.5, 0.6) is 0 Å². The molecule has 20 heavy (non-hydrogen) atoms. The average molecular weight is 401 g/mol. The van der Waals surface area contributed by atoms with Gasteiger partial charge in [0, 0.05) is 21.0 Å². The fraction of sp³-hybridized carbons (Fsp3) is 0.647. The number of hydrogen-bond acceptors (Lipinski definition) is 1. The Morgan fingerprint density at radius 2 is 1.95 bits per heavy atom.